The number of halogens is 1. The highest BCUT2D eigenvalue weighted by molar-refractivity contribution is 9.09. The van der Waals surface area contributed by atoms with Gasteiger partial charge in [0, 0.05) is 4.83 Å². The van der Waals surface area contributed by atoms with Crippen molar-refractivity contribution in [1.82, 2.24) is 0 Å². The van der Waals surface area contributed by atoms with Gasteiger partial charge in [0.25, 0.3) is 0 Å². The summed E-state index contributed by atoms with van der Waals surface area (Å²) in [6, 6.07) is 0. The van der Waals surface area contributed by atoms with Gasteiger partial charge in [0.2, 0.25) is 0 Å². The van der Waals surface area contributed by atoms with Gasteiger partial charge in [-0.25, -0.2) is 0 Å². The summed E-state index contributed by atoms with van der Waals surface area (Å²) in [5, 5.41) is 0. The monoisotopic (exact) mass is 134 g/mol. The topological polar surface area (TPSA) is 0 Å². The van der Waals surface area contributed by atoms with E-state index in [0.29, 0.717) is 4.83 Å². The van der Waals surface area contributed by atoms with E-state index in [1.165, 1.54) is 0 Å². The van der Waals surface area contributed by atoms with Gasteiger partial charge >= 0.3 is 0 Å². The van der Waals surface area contributed by atoms with Crippen molar-refractivity contribution >= 4 is 15.9 Å². The van der Waals surface area contributed by atoms with Crippen molar-refractivity contribution in [2.45, 2.75) is 11.8 Å². The van der Waals surface area contributed by atoms with Crippen molar-refractivity contribution in [2.24, 2.45) is 0 Å². The van der Waals surface area contributed by atoms with Crippen LogP contribution in [0.2, 0.25) is 0 Å². The summed E-state index contributed by atoms with van der Waals surface area (Å²) in [7, 11) is 0. The second-order valence-electron chi connectivity index (χ2n) is 0.913. The number of allylic oxidation sites excluding steroid dienone is 1. The van der Waals surface area contributed by atoms with Crippen LogP contribution in [0.15, 0.2) is 12.7 Å². The van der Waals surface area contributed by atoms with E-state index < -0.39 is 0 Å². The molecule has 1 heteroatoms. The largest absolute Gasteiger partial charge is 0.102 e. The molecular formula is C4H7Br. The molecule has 0 aliphatic carbocycles. The van der Waals surface area contributed by atoms with Crippen molar-refractivity contribution in [3.05, 3.63) is 12.7 Å². The molecule has 0 rings (SSSR count). The van der Waals surface area contributed by atoms with Crippen molar-refractivity contribution in [2.75, 3.05) is 0 Å². The van der Waals surface area contributed by atoms with Gasteiger partial charge in [-0.1, -0.05) is 22.0 Å². The Bertz CT molecular complexity index is 30.6. The van der Waals surface area contributed by atoms with Gasteiger partial charge in [0.15, 0.2) is 0 Å². The molecule has 30 valence electrons. The van der Waals surface area contributed by atoms with Crippen LogP contribution in [0.1, 0.15) is 6.92 Å². The first kappa shape index (κ1) is 5.22. The first-order valence-electron chi connectivity index (χ1n) is 1.54. The molecule has 0 radical (unpaired) electrons. The first-order chi connectivity index (χ1) is 2.27. The van der Waals surface area contributed by atoms with E-state index in [1.807, 2.05) is 13.0 Å². The second-order valence-corrected chi connectivity index (χ2v) is 2.36. The third-order valence-electron chi connectivity index (χ3n) is 0.325. The van der Waals surface area contributed by atoms with Gasteiger partial charge in [0.05, 0.1) is 0 Å². The van der Waals surface area contributed by atoms with E-state index in [0.717, 1.165) is 0 Å². The second kappa shape index (κ2) is 2.46. The maximum atomic E-state index is 3.51. The molecule has 5 heavy (non-hydrogen) atoms. The molecule has 0 saturated heterocycles. The molecule has 0 aromatic rings. The summed E-state index contributed by atoms with van der Waals surface area (Å²) < 4.78 is 0. The molecule has 0 heterocycles. The van der Waals surface area contributed by atoms with Gasteiger partial charge < -0.3 is 0 Å². The van der Waals surface area contributed by atoms with Gasteiger partial charge in [-0.3, -0.25) is 0 Å². The Morgan fingerprint density at radius 2 is 2.20 bits per heavy atom. The summed E-state index contributed by atoms with van der Waals surface area (Å²) in [5.74, 6) is 0. The molecule has 0 fully saturated rings. The van der Waals surface area contributed by atoms with E-state index in [-0.39, 0.29) is 0 Å². The van der Waals surface area contributed by atoms with Gasteiger partial charge in [0.1, 0.15) is 0 Å². The minimum atomic E-state index is 0.461. The summed E-state index contributed by atoms with van der Waals surface area (Å²) in [4.78, 5) is 0.461. The normalized spacial score (nSPS) is 14.0. The molecule has 0 aliphatic heterocycles. The lowest BCUT2D eigenvalue weighted by molar-refractivity contribution is 1.28. The first-order valence-corrected chi connectivity index (χ1v) is 2.45. The molecule has 0 spiro atoms. The Labute approximate surface area is 41.0 Å². The molecular weight excluding hydrogens is 128 g/mol. The molecule has 0 aliphatic rings. The highest BCUT2D eigenvalue weighted by Gasteiger charge is 1.76. The Balaban J connectivity index is 2.83. The average molecular weight is 135 g/mol. The predicted molar refractivity (Wildman–Crippen MR) is 28.6 cm³/mol. The minimum Gasteiger partial charge on any atom is -0.102 e. The van der Waals surface area contributed by atoms with Crippen molar-refractivity contribution < 1.29 is 0 Å². The fourth-order valence-electron chi connectivity index (χ4n) is 0. The van der Waals surface area contributed by atoms with Crippen LogP contribution in [0.4, 0.5) is 0 Å². The number of alkyl halides is 1. The summed E-state index contributed by atoms with van der Waals surface area (Å²) >= 11 is 3.26. The lowest BCUT2D eigenvalue weighted by atomic mass is 10.5. The lowest BCUT2D eigenvalue weighted by Crippen LogP contribution is -1.74. The summed E-state index contributed by atoms with van der Waals surface area (Å²) in [5.41, 5.74) is 0. The molecule has 0 N–H and O–H groups in total. The number of rotatable bonds is 1. The van der Waals surface area contributed by atoms with Crippen LogP contribution in [-0.4, -0.2) is 4.83 Å². The van der Waals surface area contributed by atoms with Crippen LogP contribution in [0.5, 0.6) is 0 Å². The predicted octanol–water partition coefficient (Wildman–Crippen LogP) is 1.96. The van der Waals surface area contributed by atoms with Crippen molar-refractivity contribution in [3.8, 4) is 0 Å². The quantitative estimate of drug-likeness (QED) is 0.380. The van der Waals surface area contributed by atoms with Crippen molar-refractivity contribution in [1.29, 1.82) is 0 Å². The van der Waals surface area contributed by atoms with Crippen LogP contribution in [0, 0.1) is 0 Å². The van der Waals surface area contributed by atoms with Crippen LogP contribution in [0.25, 0.3) is 0 Å². The molecule has 0 amide bonds. The Hall–Kier alpha value is 0.220. The maximum Gasteiger partial charge on any atom is 0.0294 e. The smallest absolute Gasteiger partial charge is 0.0294 e. The summed E-state index contributed by atoms with van der Waals surface area (Å²) in [6.07, 6.45) is 1.83. The molecule has 0 aromatic heterocycles. The van der Waals surface area contributed by atoms with Gasteiger partial charge in [-0.15, -0.1) is 6.58 Å². The van der Waals surface area contributed by atoms with Gasteiger partial charge in [-0.2, -0.15) is 0 Å². The highest BCUT2D eigenvalue weighted by atomic mass is 79.9. The van der Waals surface area contributed by atoms with Gasteiger partial charge in [-0.05, 0) is 6.92 Å². The molecule has 1 unspecified atom stereocenters. The Kier molecular flexibility index (Phi) is 2.57. The fraction of sp³-hybridized carbons (Fsp3) is 0.500. The zero-order chi connectivity index (χ0) is 4.28. The van der Waals surface area contributed by atoms with Crippen LogP contribution < -0.4 is 0 Å². The Morgan fingerprint density at radius 3 is 2.20 bits per heavy atom. The Morgan fingerprint density at radius 1 is 2.00 bits per heavy atom. The third-order valence-corrected chi connectivity index (χ3v) is 0.699. The van der Waals surface area contributed by atoms with E-state index >= 15 is 0 Å². The fourth-order valence-corrected chi connectivity index (χ4v) is 0. The molecule has 0 bridgehead atoms. The average Bonchev–Trinajstić information content (AvgIpc) is 1.38. The standard InChI is InChI=1S/C4H7Br/c1-3-4(2)5/h3-4H,1H2,2H3. The number of hydrogen-bond acceptors (Lipinski definition) is 0. The molecule has 1 atom stereocenters. The van der Waals surface area contributed by atoms with Crippen LogP contribution in [0.3, 0.4) is 0 Å². The van der Waals surface area contributed by atoms with Crippen LogP contribution >= 0.6 is 15.9 Å². The number of hydrogen-bond donors (Lipinski definition) is 0. The van der Waals surface area contributed by atoms with E-state index in [1.54, 1.807) is 0 Å². The molecule has 0 aromatic carbocycles. The van der Waals surface area contributed by atoms with E-state index in [9.17, 15) is 0 Å². The molecule has 0 saturated carbocycles. The SMILES string of the molecule is C=CC(C)Br. The van der Waals surface area contributed by atoms with E-state index in [2.05, 4.69) is 22.5 Å². The zero-order valence-corrected chi connectivity index (χ0v) is 4.83. The molecule has 0 nitrogen and oxygen atoms in total. The maximum absolute atomic E-state index is 3.51. The third kappa shape index (κ3) is 4.22. The zero-order valence-electron chi connectivity index (χ0n) is 3.24. The highest BCUT2D eigenvalue weighted by Crippen LogP contribution is 1.94. The minimum absolute atomic E-state index is 0.461. The van der Waals surface area contributed by atoms with Crippen LogP contribution in [-0.2, 0) is 0 Å². The van der Waals surface area contributed by atoms with E-state index in [4.69, 9.17) is 0 Å². The van der Waals surface area contributed by atoms with Crippen molar-refractivity contribution in [3.63, 3.8) is 0 Å². The summed E-state index contributed by atoms with van der Waals surface area (Å²) in [6.45, 7) is 5.53. The lowest BCUT2D eigenvalue weighted by Gasteiger charge is -1.81.